The van der Waals surface area contributed by atoms with Gasteiger partial charge in [0.2, 0.25) is 10.0 Å². The number of morpholine rings is 1. The van der Waals surface area contributed by atoms with E-state index in [1.807, 2.05) is 24.3 Å². The van der Waals surface area contributed by atoms with Gasteiger partial charge in [-0.3, -0.25) is 4.90 Å². The number of para-hydroxylation sites is 1. The van der Waals surface area contributed by atoms with Crippen LogP contribution in [0.2, 0.25) is 0 Å². The Morgan fingerprint density at radius 3 is 2.53 bits per heavy atom. The van der Waals surface area contributed by atoms with E-state index in [4.69, 9.17) is 18.9 Å². The highest BCUT2D eigenvalue weighted by Gasteiger charge is 2.27. The first-order valence-corrected chi connectivity index (χ1v) is 11.4. The Bertz CT molecular complexity index is 975. The van der Waals surface area contributed by atoms with Gasteiger partial charge in [-0.1, -0.05) is 18.2 Å². The molecule has 2 heterocycles. The first-order chi connectivity index (χ1) is 14.6. The van der Waals surface area contributed by atoms with Gasteiger partial charge in [-0.05, 0) is 18.2 Å². The summed E-state index contributed by atoms with van der Waals surface area (Å²) >= 11 is 0. The Morgan fingerprint density at radius 2 is 1.77 bits per heavy atom. The molecule has 2 aliphatic rings. The maximum absolute atomic E-state index is 13.0. The molecule has 0 spiro atoms. The highest BCUT2D eigenvalue weighted by Crippen LogP contribution is 2.33. The van der Waals surface area contributed by atoms with Crippen LogP contribution >= 0.6 is 0 Å². The van der Waals surface area contributed by atoms with E-state index in [-0.39, 0.29) is 17.5 Å². The highest BCUT2D eigenvalue weighted by atomic mass is 32.2. The lowest BCUT2D eigenvalue weighted by Gasteiger charge is -2.35. The van der Waals surface area contributed by atoms with Crippen LogP contribution in [0.1, 0.15) is 11.6 Å². The van der Waals surface area contributed by atoms with Crippen molar-refractivity contribution in [2.24, 2.45) is 0 Å². The van der Waals surface area contributed by atoms with Crippen LogP contribution in [0.5, 0.6) is 17.2 Å². The summed E-state index contributed by atoms with van der Waals surface area (Å²) in [5, 5.41) is 0. The zero-order valence-corrected chi connectivity index (χ0v) is 17.7. The third-order valence-corrected chi connectivity index (χ3v) is 6.70. The smallest absolute Gasteiger partial charge is 0.240 e. The van der Waals surface area contributed by atoms with E-state index in [9.17, 15) is 8.42 Å². The summed E-state index contributed by atoms with van der Waals surface area (Å²) in [5.74, 6) is 1.73. The van der Waals surface area contributed by atoms with Crippen molar-refractivity contribution in [3.8, 4) is 17.2 Å². The summed E-state index contributed by atoms with van der Waals surface area (Å²) in [4.78, 5) is 2.36. The Labute approximate surface area is 176 Å². The Hall–Kier alpha value is -2.33. The van der Waals surface area contributed by atoms with E-state index in [0.717, 1.165) is 11.3 Å². The number of hydrogen-bond acceptors (Lipinski definition) is 7. The van der Waals surface area contributed by atoms with Crippen molar-refractivity contribution in [3.63, 3.8) is 0 Å². The number of hydrogen-bond donors (Lipinski definition) is 1. The molecular formula is C21H26N2O6S. The minimum absolute atomic E-state index is 0.146. The second-order valence-corrected chi connectivity index (χ2v) is 8.83. The zero-order valence-electron chi connectivity index (χ0n) is 16.9. The van der Waals surface area contributed by atoms with Gasteiger partial charge in [0, 0.05) is 31.3 Å². The molecule has 0 aliphatic carbocycles. The number of rotatable bonds is 7. The summed E-state index contributed by atoms with van der Waals surface area (Å²) in [6.45, 7) is 3.72. The lowest BCUT2D eigenvalue weighted by molar-refractivity contribution is 0.0167. The first-order valence-electron chi connectivity index (χ1n) is 9.92. The van der Waals surface area contributed by atoms with Crippen molar-refractivity contribution >= 4 is 10.0 Å². The Kier molecular flexibility index (Phi) is 6.43. The minimum atomic E-state index is -3.74. The van der Waals surface area contributed by atoms with Crippen LogP contribution in [-0.2, 0) is 14.8 Å². The van der Waals surface area contributed by atoms with Crippen LogP contribution in [0.15, 0.2) is 47.4 Å². The van der Waals surface area contributed by atoms with Gasteiger partial charge in [-0.2, -0.15) is 0 Å². The number of fused-ring (bicyclic) bond motifs is 1. The van der Waals surface area contributed by atoms with Crippen molar-refractivity contribution in [1.29, 1.82) is 0 Å². The fraction of sp³-hybridized carbons (Fsp3) is 0.429. The third kappa shape index (κ3) is 4.54. The van der Waals surface area contributed by atoms with Crippen molar-refractivity contribution in [2.45, 2.75) is 10.9 Å². The highest BCUT2D eigenvalue weighted by molar-refractivity contribution is 7.89. The van der Waals surface area contributed by atoms with Crippen LogP contribution in [0, 0.1) is 0 Å². The molecule has 162 valence electrons. The van der Waals surface area contributed by atoms with Crippen LogP contribution in [-0.4, -0.2) is 66.5 Å². The van der Waals surface area contributed by atoms with Gasteiger partial charge < -0.3 is 18.9 Å². The van der Waals surface area contributed by atoms with Crippen LogP contribution < -0.4 is 18.9 Å². The monoisotopic (exact) mass is 434 g/mol. The number of sulfonamides is 1. The number of nitrogens with zero attached hydrogens (tertiary/aromatic N) is 1. The molecule has 30 heavy (non-hydrogen) atoms. The molecule has 1 saturated heterocycles. The quantitative estimate of drug-likeness (QED) is 0.711. The zero-order chi connectivity index (χ0) is 21.0. The van der Waals surface area contributed by atoms with Crippen molar-refractivity contribution in [1.82, 2.24) is 9.62 Å². The predicted molar refractivity (Wildman–Crippen MR) is 111 cm³/mol. The fourth-order valence-electron chi connectivity index (χ4n) is 3.73. The summed E-state index contributed by atoms with van der Waals surface area (Å²) in [5.41, 5.74) is 0.937. The molecule has 0 radical (unpaired) electrons. The molecule has 0 saturated carbocycles. The lowest BCUT2D eigenvalue weighted by Crippen LogP contribution is -2.43. The second-order valence-electron chi connectivity index (χ2n) is 7.06. The van der Waals surface area contributed by atoms with Gasteiger partial charge in [-0.15, -0.1) is 0 Å². The van der Waals surface area contributed by atoms with Gasteiger partial charge in [0.25, 0.3) is 0 Å². The van der Waals surface area contributed by atoms with E-state index in [2.05, 4.69) is 9.62 Å². The van der Waals surface area contributed by atoms with E-state index in [1.165, 1.54) is 12.1 Å². The maximum atomic E-state index is 13.0. The molecule has 1 unspecified atom stereocenters. The summed E-state index contributed by atoms with van der Waals surface area (Å²) in [6.07, 6.45) is 0. The van der Waals surface area contributed by atoms with Crippen LogP contribution in [0.3, 0.4) is 0 Å². The molecule has 0 amide bonds. The van der Waals surface area contributed by atoms with Crippen LogP contribution in [0.25, 0.3) is 0 Å². The molecule has 1 atom stereocenters. The second kappa shape index (κ2) is 9.22. The molecule has 2 aromatic rings. The average molecular weight is 435 g/mol. The van der Waals surface area contributed by atoms with Gasteiger partial charge >= 0.3 is 0 Å². The molecule has 2 aliphatic heterocycles. The van der Waals surface area contributed by atoms with E-state index in [1.54, 1.807) is 13.2 Å². The van der Waals surface area contributed by atoms with Gasteiger partial charge in [0.05, 0.1) is 31.3 Å². The summed E-state index contributed by atoms with van der Waals surface area (Å²) < 4.78 is 50.8. The number of methoxy groups -OCH3 is 1. The minimum Gasteiger partial charge on any atom is -0.496 e. The average Bonchev–Trinajstić information content (AvgIpc) is 2.80. The molecule has 8 nitrogen and oxygen atoms in total. The molecular weight excluding hydrogens is 408 g/mol. The number of nitrogens with one attached hydrogen (secondary N) is 1. The topological polar surface area (TPSA) is 86.3 Å². The molecule has 9 heteroatoms. The van der Waals surface area contributed by atoms with E-state index in [0.29, 0.717) is 51.0 Å². The third-order valence-electron chi connectivity index (χ3n) is 5.28. The Balaban J connectivity index is 1.57. The molecule has 1 N–H and O–H groups in total. The van der Waals surface area contributed by atoms with Gasteiger partial charge in [-0.25, -0.2) is 13.1 Å². The summed E-state index contributed by atoms with van der Waals surface area (Å²) in [7, 11) is -2.12. The number of ether oxygens (including phenoxy) is 4. The first kappa shape index (κ1) is 20.9. The van der Waals surface area contributed by atoms with Crippen molar-refractivity contribution < 1.29 is 27.4 Å². The van der Waals surface area contributed by atoms with Crippen LogP contribution in [0.4, 0.5) is 0 Å². The van der Waals surface area contributed by atoms with E-state index < -0.39 is 10.0 Å². The normalized spacial score (nSPS) is 18.0. The molecule has 0 bridgehead atoms. The Morgan fingerprint density at radius 1 is 1.03 bits per heavy atom. The molecule has 0 aromatic heterocycles. The SMILES string of the molecule is COc1ccccc1C(CNS(=O)(=O)c1ccc2c(c1)OCCO2)N1CCOCC1. The van der Waals surface area contributed by atoms with Gasteiger partial charge in [0.15, 0.2) is 11.5 Å². The fourth-order valence-corrected chi connectivity index (χ4v) is 4.78. The maximum Gasteiger partial charge on any atom is 0.240 e. The van der Waals surface area contributed by atoms with Crippen molar-refractivity contribution in [2.75, 3.05) is 53.2 Å². The molecule has 4 rings (SSSR count). The lowest BCUT2D eigenvalue weighted by atomic mass is 10.0. The number of benzene rings is 2. The van der Waals surface area contributed by atoms with E-state index >= 15 is 0 Å². The van der Waals surface area contributed by atoms with Gasteiger partial charge in [0.1, 0.15) is 19.0 Å². The molecule has 2 aromatic carbocycles. The standard InChI is InChI=1S/C21H26N2O6S/c1-26-19-5-3-2-4-17(19)18(23-8-10-27-11-9-23)15-22-30(24,25)16-6-7-20-21(14-16)29-13-12-28-20/h2-7,14,18,22H,8-13,15H2,1H3. The molecule has 1 fully saturated rings. The van der Waals surface area contributed by atoms with Crippen molar-refractivity contribution in [3.05, 3.63) is 48.0 Å². The summed E-state index contributed by atoms with van der Waals surface area (Å²) in [6, 6.07) is 12.2. The predicted octanol–water partition coefficient (Wildman–Crippen LogP) is 1.82. The largest absolute Gasteiger partial charge is 0.496 e.